The van der Waals surface area contributed by atoms with Gasteiger partial charge >= 0.3 is 0 Å². The van der Waals surface area contributed by atoms with Crippen molar-refractivity contribution in [1.29, 1.82) is 0 Å². The summed E-state index contributed by atoms with van der Waals surface area (Å²) in [5.74, 6) is -0.380. The largest absolute Gasteiger partial charge is 0.378 e. The third-order valence-corrected chi connectivity index (χ3v) is 10.5. The Morgan fingerprint density at radius 3 is 2.73 bits per heavy atom. The maximum absolute atomic E-state index is 13.7. The summed E-state index contributed by atoms with van der Waals surface area (Å²) in [6.45, 7) is 3.65. The average Bonchev–Trinajstić information content (AvgIpc) is 3.58. The second-order valence-electron chi connectivity index (χ2n) is 9.89. The zero-order chi connectivity index (χ0) is 27.1. The summed E-state index contributed by atoms with van der Waals surface area (Å²) in [5, 5.41) is 4.94. The predicted molar refractivity (Wildman–Crippen MR) is 154 cm³/mol. The fourth-order valence-corrected chi connectivity index (χ4v) is 8.02. The number of aromatic amines is 1. The molecule has 3 aliphatic rings. The molecule has 1 aromatic carbocycles. The molecule has 2 aromatic heterocycles. The van der Waals surface area contributed by atoms with Crippen LogP contribution < -0.4 is 5.32 Å². The smallest absolute Gasteiger partial charge is 0.283 e. The number of amides is 2. The average molecular weight is 630 g/mol. The van der Waals surface area contributed by atoms with Crippen LogP contribution in [0.25, 0.3) is 10.9 Å². The van der Waals surface area contributed by atoms with Gasteiger partial charge in [-0.3, -0.25) is 9.59 Å². The highest BCUT2D eigenvalue weighted by Crippen LogP contribution is 2.29. The van der Waals surface area contributed by atoms with E-state index in [4.69, 9.17) is 16.3 Å². The second kappa shape index (κ2) is 11.9. The molecule has 2 amide bonds. The summed E-state index contributed by atoms with van der Waals surface area (Å²) in [6.07, 6.45) is 0.784. The monoisotopic (exact) mass is 628 g/mol. The maximum Gasteiger partial charge on any atom is 0.283 e. The van der Waals surface area contributed by atoms with Crippen molar-refractivity contribution >= 4 is 68.1 Å². The number of benzene rings is 1. The molecule has 216 valence electrons. The number of rotatable bonds is 5. The summed E-state index contributed by atoms with van der Waals surface area (Å²) in [7, 11) is -3.92. The number of thiazole rings is 1. The third-order valence-electron chi connectivity index (χ3n) is 7.44. The highest BCUT2D eigenvalue weighted by Gasteiger charge is 2.40. The minimum absolute atomic E-state index is 0. The molecule has 1 unspecified atom stereocenters. The number of sulfonamides is 1. The summed E-state index contributed by atoms with van der Waals surface area (Å²) < 4.78 is 34.1. The van der Waals surface area contributed by atoms with Gasteiger partial charge < -0.3 is 24.8 Å². The highest BCUT2D eigenvalue weighted by atomic mass is 35.5. The fourth-order valence-electron chi connectivity index (χ4n) is 5.33. The third kappa shape index (κ3) is 5.73. The van der Waals surface area contributed by atoms with Gasteiger partial charge in [0.05, 0.1) is 24.9 Å². The van der Waals surface area contributed by atoms with Crippen LogP contribution >= 0.6 is 35.3 Å². The number of halogens is 2. The van der Waals surface area contributed by atoms with E-state index < -0.39 is 16.1 Å². The van der Waals surface area contributed by atoms with Gasteiger partial charge in [0.2, 0.25) is 5.91 Å². The molecule has 0 saturated carbocycles. The molecule has 2 fully saturated rings. The number of fused-ring (bicyclic) bond motifs is 2. The Balaban J connectivity index is 0.00000323. The molecule has 0 bridgehead atoms. The lowest BCUT2D eigenvalue weighted by atomic mass is 10.1. The normalized spacial score (nSPS) is 20.3. The molecule has 2 saturated heterocycles. The number of aromatic nitrogens is 2. The van der Waals surface area contributed by atoms with E-state index in [1.807, 2.05) is 0 Å². The minimum Gasteiger partial charge on any atom is -0.378 e. The zero-order valence-corrected chi connectivity index (χ0v) is 24.8. The molecule has 0 aliphatic carbocycles. The van der Waals surface area contributed by atoms with Gasteiger partial charge in [0.1, 0.15) is 5.03 Å². The lowest BCUT2D eigenvalue weighted by molar-refractivity contribution is -0.136. The van der Waals surface area contributed by atoms with E-state index in [1.54, 1.807) is 34.1 Å². The first kappa shape index (κ1) is 29.2. The highest BCUT2D eigenvalue weighted by molar-refractivity contribution is 7.89. The lowest BCUT2D eigenvalue weighted by Gasteiger charge is -2.41. The molecule has 5 heterocycles. The van der Waals surface area contributed by atoms with Gasteiger partial charge in [-0.2, -0.15) is 4.31 Å². The molecule has 2 N–H and O–H groups in total. The summed E-state index contributed by atoms with van der Waals surface area (Å²) >= 11 is 7.46. The first-order chi connectivity index (χ1) is 18.8. The molecule has 15 heteroatoms. The molecule has 3 aliphatic heterocycles. The van der Waals surface area contributed by atoms with Crippen molar-refractivity contribution in [2.75, 3.05) is 52.5 Å². The molecule has 1 atom stereocenters. The SMILES string of the molecule is Cl.O=C(CC1CN(S(=O)(=O)c2cc3cc(Cl)ccc3[nH]2)CCN1C(=O)c1nc2c(s1)CNCC2)N1CCOCC1. The standard InChI is InChI=1S/C25H29ClN6O5S2.ClH/c26-17-1-2-19-16(11-17)12-22(28-19)39(35,36)31-5-6-32(18(15-31)13-23(33)30-7-9-37-10-8-30)25(34)24-29-20-3-4-27-14-21(20)38-24;/h1-2,11-12,18,27-28H,3-10,13-15H2;1H. The Labute approximate surface area is 247 Å². The quantitative estimate of drug-likeness (QED) is 0.443. The molecular weight excluding hydrogens is 599 g/mol. The van der Waals surface area contributed by atoms with E-state index in [2.05, 4.69) is 15.3 Å². The number of piperazine rings is 1. The topological polar surface area (TPSA) is 128 Å². The molecule has 3 aromatic rings. The molecule has 0 radical (unpaired) electrons. The van der Waals surface area contributed by atoms with Gasteiger partial charge in [-0.25, -0.2) is 13.4 Å². The first-order valence-corrected chi connectivity index (χ1v) is 15.6. The predicted octanol–water partition coefficient (Wildman–Crippen LogP) is 2.11. The van der Waals surface area contributed by atoms with Crippen LogP contribution in [-0.4, -0.2) is 103 Å². The molecule has 6 rings (SSSR count). The minimum atomic E-state index is -3.92. The van der Waals surface area contributed by atoms with Gasteiger partial charge in [0, 0.05) is 79.5 Å². The van der Waals surface area contributed by atoms with Crippen molar-refractivity contribution in [2.24, 2.45) is 0 Å². The van der Waals surface area contributed by atoms with E-state index in [0.29, 0.717) is 53.8 Å². The zero-order valence-electron chi connectivity index (χ0n) is 21.6. The maximum atomic E-state index is 13.7. The van der Waals surface area contributed by atoms with Crippen molar-refractivity contribution in [1.82, 2.24) is 29.4 Å². The Kier molecular flexibility index (Phi) is 8.72. The van der Waals surface area contributed by atoms with Crippen LogP contribution in [0.2, 0.25) is 5.02 Å². The Bertz CT molecular complexity index is 1500. The summed E-state index contributed by atoms with van der Waals surface area (Å²) in [5.41, 5.74) is 1.59. The van der Waals surface area contributed by atoms with Crippen LogP contribution in [0.5, 0.6) is 0 Å². The van der Waals surface area contributed by atoms with Crippen molar-refractivity contribution < 1.29 is 22.7 Å². The number of hydrogen-bond acceptors (Lipinski definition) is 8. The number of nitrogens with zero attached hydrogens (tertiary/aromatic N) is 4. The van der Waals surface area contributed by atoms with Gasteiger partial charge in [0.15, 0.2) is 5.01 Å². The van der Waals surface area contributed by atoms with Crippen molar-refractivity contribution in [2.45, 2.75) is 30.5 Å². The van der Waals surface area contributed by atoms with Crippen LogP contribution in [0.15, 0.2) is 29.3 Å². The second-order valence-corrected chi connectivity index (χ2v) is 13.3. The fraction of sp³-hybridized carbons (Fsp3) is 0.480. The lowest BCUT2D eigenvalue weighted by Crippen LogP contribution is -2.58. The van der Waals surface area contributed by atoms with E-state index >= 15 is 0 Å². The van der Waals surface area contributed by atoms with Crippen molar-refractivity contribution in [3.63, 3.8) is 0 Å². The molecule has 0 spiro atoms. The number of carbonyl (C=O) groups excluding carboxylic acids is 2. The molecular formula is C25H30Cl2N6O5S2. The van der Waals surface area contributed by atoms with Gasteiger partial charge in [0.25, 0.3) is 15.9 Å². The number of carbonyl (C=O) groups is 2. The van der Waals surface area contributed by atoms with E-state index in [0.717, 1.165) is 23.5 Å². The first-order valence-electron chi connectivity index (χ1n) is 12.9. The number of nitrogens with one attached hydrogen (secondary N) is 2. The molecule has 11 nitrogen and oxygen atoms in total. The number of H-pyrrole nitrogens is 1. The Hall–Kier alpha value is -2.26. The van der Waals surface area contributed by atoms with Crippen molar-refractivity contribution in [3.05, 3.63) is 44.9 Å². The van der Waals surface area contributed by atoms with Gasteiger partial charge in [-0.1, -0.05) is 11.6 Å². The van der Waals surface area contributed by atoms with E-state index in [1.165, 1.54) is 15.6 Å². The van der Waals surface area contributed by atoms with Crippen LogP contribution in [0, 0.1) is 0 Å². The Morgan fingerprint density at radius 2 is 1.95 bits per heavy atom. The van der Waals surface area contributed by atoms with Gasteiger partial charge in [-0.15, -0.1) is 23.7 Å². The molecule has 40 heavy (non-hydrogen) atoms. The van der Waals surface area contributed by atoms with Crippen LogP contribution in [-0.2, 0) is 32.5 Å². The van der Waals surface area contributed by atoms with E-state index in [-0.39, 0.29) is 55.3 Å². The van der Waals surface area contributed by atoms with Crippen LogP contribution in [0.3, 0.4) is 0 Å². The number of ether oxygens (including phenoxy) is 1. The van der Waals surface area contributed by atoms with E-state index in [9.17, 15) is 18.0 Å². The summed E-state index contributed by atoms with van der Waals surface area (Å²) in [6, 6.07) is 6.07. The van der Waals surface area contributed by atoms with Crippen molar-refractivity contribution in [3.8, 4) is 0 Å². The number of hydrogen-bond donors (Lipinski definition) is 2. The van der Waals surface area contributed by atoms with Crippen LogP contribution in [0.4, 0.5) is 0 Å². The summed E-state index contributed by atoms with van der Waals surface area (Å²) in [4.78, 5) is 38.9. The van der Waals surface area contributed by atoms with Crippen LogP contribution in [0.1, 0.15) is 26.8 Å². The number of morpholine rings is 1. The van der Waals surface area contributed by atoms with Gasteiger partial charge in [-0.05, 0) is 24.3 Å². The Morgan fingerprint density at radius 1 is 1.15 bits per heavy atom.